The molecule has 0 aliphatic rings. The monoisotopic (exact) mass is 424 g/mol. The number of fused-ring (bicyclic) bond motifs is 3. The van der Waals surface area contributed by atoms with Crippen LogP contribution in [0.1, 0.15) is 30.1 Å². The largest absolute Gasteiger partial charge is 0.494 e. The lowest BCUT2D eigenvalue weighted by Gasteiger charge is -2.12. The predicted molar refractivity (Wildman–Crippen MR) is 118 cm³/mol. The molecule has 0 radical (unpaired) electrons. The summed E-state index contributed by atoms with van der Waals surface area (Å²) in [6, 6.07) is 11.5. The highest BCUT2D eigenvalue weighted by molar-refractivity contribution is 7.19. The van der Waals surface area contributed by atoms with E-state index in [0.29, 0.717) is 25.1 Å². The fourth-order valence-electron chi connectivity index (χ4n) is 3.58. The molecule has 30 heavy (non-hydrogen) atoms. The number of carbonyl (C=O) groups excluding carboxylic acids is 1. The molecule has 4 aromatic rings. The molecule has 3 heterocycles. The van der Waals surface area contributed by atoms with Crippen molar-refractivity contribution in [1.29, 1.82) is 0 Å². The standard InChI is InChI=1S/C22H24N4O3S/c1-4-20-24-25(22(28)17-11-19-16(26(17)20)10-14(3)30-19)13-21(27)23-12-15-8-6-7-9-18(15)29-5-2/h6-11H,4-5,12-13H2,1-3H3,(H,23,27). The Bertz CT molecular complexity index is 1290. The number of rotatable bonds is 7. The van der Waals surface area contributed by atoms with Crippen molar-refractivity contribution in [3.05, 3.63) is 63.0 Å². The van der Waals surface area contributed by atoms with Gasteiger partial charge in [0, 0.05) is 23.4 Å². The molecule has 1 aromatic carbocycles. The third-order valence-electron chi connectivity index (χ3n) is 4.92. The van der Waals surface area contributed by atoms with Gasteiger partial charge in [-0.1, -0.05) is 25.1 Å². The van der Waals surface area contributed by atoms with Crippen LogP contribution in [0.3, 0.4) is 0 Å². The molecule has 1 amide bonds. The van der Waals surface area contributed by atoms with Crippen molar-refractivity contribution >= 4 is 33.0 Å². The second kappa shape index (κ2) is 8.31. The van der Waals surface area contributed by atoms with Gasteiger partial charge in [0.05, 0.1) is 16.8 Å². The lowest BCUT2D eigenvalue weighted by atomic mass is 10.2. The summed E-state index contributed by atoms with van der Waals surface area (Å²) in [6.07, 6.45) is 0.652. The van der Waals surface area contributed by atoms with E-state index >= 15 is 0 Å². The van der Waals surface area contributed by atoms with Crippen LogP contribution in [0.15, 0.2) is 41.2 Å². The highest BCUT2D eigenvalue weighted by atomic mass is 32.1. The molecule has 0 atom stereocenters. The molecule has 4 rings (SSSR count). The van der Waals surface area contributed by atoms with E-state index in [1.165, 1.54) is 9.56 Å². The van der Waals surface area contributed by atoms with Gasteiger partial charge in [0.1, 0.15) is 23.6 Å². The van der Waals surface area contributed by atoms with Crippen LogP contribution in [0.2, 0.25) is 0 Å². The summed E-state index contributed by atoms with van der Waals surface area (Å²) < 4.78 is 9.81. The van der Waals surface area contributed by atoms with E-state index < -0.39 is 0 Å². The maximum atomic E-state index is 13.0. The first-order valence-corrected chi connectivity index (χ1v) is 10.8. The Hall–Kier alpha value is -3.13. The summed E-state index contributed by atoms with van der Waals surface area (Å²) in [5.41, 5.74) is 2.17. The first-order valence-electron chi connectivity index (χ1n) is 10.0. The molecule has 0 spiro atoms. The van der Waals surface area contributed by atoms with Gasteiger partial charge in [-0.05, 0) is 32.0 Å². The summed E-state index contributed by atoms with van der Waals surface area (Å²) in [5.74, 6) is 1.23. The quantitative estimate of drug-likeness (QED) is 0.494. The van der Waals surface area contributed by atoms with Gasteiger partial charge in [0.2, 0.25) is 5.91 Å². The Labute approximate surface area is 177 Å². The number of amides is 1. The van der Waals surface area contributed by atoms with Gasteiger partial charge in [-0.2, -0.15) is 5.10 Å². The topological polar surface area (TPSA) is 77.6 Å². The molecule has 1 N–H and O–H groups in total. The van der Waals surface area contributed by atoms with E-state index in [1.807, 2.05) is 55.5 Å². The van der Waals surface area contributed by atoms with Crippen molar-refractivity contribution in [1.82, 2.24) is 19.5 Å². The van der Waals surface area contributed by atoms with Crippen LogP contribution in [0.4, 0.5) is 0 Å². The number of thiophene rings is 1. The number of hydrogen-bond donors (Lipinski definition) is 1. The van der Waals surface area contributed by atoms with E-state index in [0.717, 1.165) is 27.4 Å². The second-order valence-electron chi connectivity index (χ2n) is 7.02. The molecule has 8 heteroatoms. The smallest absolute Gasteiger partial charge is 0.291 e. The van der Waals surface area contributed by atoms with Crippen LogP contribution in [0, 0.1) is 6.92 Å². The van der Waals surface area contributed by atoms with E-state index in [4.69, 9.17) is 4.74 Å². The van der Waals surface area contributed by atoms with Crippen molar-refractivity contribution < 1.29 is 9.53 Å². The molecule has 0 bridgehead atoms. The van der Waals surface area contributed by atoms with Crippen molar-refractivity contribution in [2.75, 3.05) is 6.61 Å². The average molecular weight is 425 g/mol. The van der Waals surface area contributed by atoms with Gasteiger partial charge in [0.15, 0.2) is 0 Å². The van der Waals surface area contributed by atoms with Crippen LogP contribution >= 0.6 is 11.3 Å². The molecule has 7 nitrogen and oxygen atoms in total. The molecule has 0 aliphatic carbocycles. The lowest BCUT2D eigenvalue weighted by Crippen LogP contribution is -2.35. The van der Waals surface area contributed by atoms with Crippen LogP contribution in [-0.4, -0.2) is 26.7 Å². The van der Waals surface area contributed by atoms with E-state index in [-0.39, 0.29) is 18.0 Å². The molecule has 0 fully saturated rings. The molecule has 0 aliphatic heterocycles. The SMILES string of the molecule is CCOc1ccccc1CNC(=O)Cn1nc(CC)n2c(cc3sc(C)cc32)c1=O. The minimum absolute atomic E-state index is 0.128. The summed E-state index contributed by atoms with van der Waals surface area (Å²) in [4.78, 5) is 26.7. The first kappa shape index (κ1) is 20.2. The Kier molecular flexibility index (Phi) is 5.59. The summed E-state index contributed by atoms with van der Waals surface area (Å²) in [7, 11) is 0. The number of aromatic nitrogens is 3. The van der Waals surface area contributed by atoms with Crippen LogP contribution < -0.4 is 15.6 Å². The van der Waals surface area contributed by atoms with Gasteiger partial charge in [0.25, 0.3) is 5.56 Å². The number of ether oxygens (including phenoxy) is 1. The first-order chi connectivity index (χ1) is 14.5. The van der Waals surface area contributed by atoms with Crippen molar-refractivity contribution in [3.63, 3.8) is 0 Å². The van der Waals surface area contributed by atoms with Crippen LogP contribution in [-0.2, 0) is 24.3 Å². The maximum Gasteiger partial charge on any atom is 0.291 e. The molecule has 0 unspecified atom stereocenters. The third kappa shape index (κ3) is 3.70. The molecule has 156 valence electrons. The number of nitrogens with one attached hydrogen (secondary N) is 1. The number of aryl methyl sites for hydroxylation is 2. The normalized spacial score (nSPS) is 11.3. The van der Waals surface area contributed by atoms with Crippen molar-refractivity contribution in [2.24, 2.45) is 0 Å². The molecule has 0 saturated heterocycles. The molecule has 3 aromatic heterocycles. The number of para-hydroxylation sites is 1. The minimum Gasteiger partial charge on any atom is -0.494 e. The Morgan fingerprint density at radius 1 is 1.20 bits per heavy atom. The van der Waals surface area contributed by atoms with Crippen LogP contribution in [0.25, 0.3) is 15.7 Å². The number of nitrogens with zero attached hydrogens (tertiary/aromatic N) is 3. The Balaban J connectivity index is 1.58. The van der Waals surface area contributed by atoms with Gasteiger partial charge >= 0.3 is 0 Å². The van der Waals surface area contributed by atoms with Gasteiger partial charge in [-0.25, -0.2) is 4.68 Å². The number of benzene rings is 1. The predicted octanol–water partition coefficient (Wildman–Crippen LogP) is 3.30. The minimum atomic E-state index is -0.272. The van der Waals surface area contributed by atoms with E-state index in [9.17, 15) is 9.59 Å². The zero-order valence-corrected chi connectivity index (χ0v) is 18.1. The second-order valence-corrected chi connectivity index (χ2v) is 8.31. The molecule has 0 saturated carbocycles. The zero-order chi connectivity index (χ0) is 21.3. The van der Waals surface area contributed by atoms with Crippen molar-refractivity contribution in [2.45, 2.75) is 40.3 Å². The fourth-order valence-corrected chi connectivity index (χ4v) is 4.52. The van der Waals surface area contributed by atoms with Gasteiger partial charge in [-0.3, -0.25) is 14.0 Å². The Morgan fingerprint density at radius 2 is 2.00 bits per heavy atom. The molecular weight excluding hydrogens is 400 g/mol. The lowest BCUT2D eigenvalue weighted by molar-refractivity contribution is -0.122. The van der Waals surface area contributed by atoms with Crippen LogP contribution in [0.5, 0.6) is 5.75 Å². The van der Waals surface area contributed by atoms with E-state index in [1.54, 1.807) is 11.3 Å². The summed E-state index contributed by atoms with van der Waals surface area (Å²) in [6.45, 7) is 6.71. The van der Waals surface area contributed by atoms with Gasteiger partial charge < -0.3 is 10.1 Å². The highest BCUT2D eigenvalue weighted by Crippen LogP contribution is 2.28. The van der Waals surface area contributed by atoms with E-state index in [2.05, 4.69) is 16.5 Å². The Morgan fingerprint density at radius 3 is 2.77 bits per heavy atom. The number of hydrogen-bond acceptors (Lipinski definition) is 5. The van der Waals surface area contributed by atoms with Crippen molar-refractivity contribution in [3.8, 4) is 5.75 Å². The number of carbonyl (C=O) groups is 1. The maximum absolute atomic E-state index is 13.0. The summed E-state index contributed by atoms with van der Waals surface area (Å²) >= 11 is 1.65. The average Bonchev–Trinajstić information content (AvgIpc) is 3.26. The summed E-state index contributed by atoms with van der Waals surface area (Å²) in [5, 5.41) is 7.34. The van der Waals surface area contributed by atoms with Gasteiger partial charge in [-0.15, -0.1) is 11.3 Å². The molecular formula is C22H24N4O3S. The zero-order valence-electron chi connectivity index (χ0n) is 17.3. The fraction of sp³-hybridized carbons (Fsp3) is 0.318. The third-order valence-corrected chi connectivity index (χ3v) is 5.91. The highest BCUT2D eigenvalue weighted by Gasteiger charge is 2.16.